The molecule has 2 aromatic heterocycles. The van der Waals surface area contributed by atoms with Crippen molar-refractivity contribution in [3.8, 4) is 0 Å². The molecule has 0 aromatic carbocycles. The fourth-order valence-corrected chi connectivity index (χ4v) is 1.85. The average Bonchev–Trinajstić information content (AvgIpc) is 2.92. The van der Waals surface area contributed by atoms with Crippen molar-refractivity contribution in [3.63, 3.8) is 0 Å². The van der Waals surface area contributed by atoms with Crippen LogP contribution in [0.2, 0.25) is 0 Å². The fourth-order valence-electron chi connectivity index (χ4n) is 1.85. The Bertz CT molecular complexity index is 510. The van der Waals surface area contributed by atoms with Crippen molar-refractivity contribution in [2.75, 3.05) is 11.4 Å². The van der Waals surface area contributed by atoms with Crippen molar-refractivity contribution in [2.45, 2.75) is 39.9 Å². The highest BCUT2D eigenvalue weighted by atomic mass is 16.4. The van der Waals surface area contributed by atoms with Crippen molar-refractivity contribution in [3.05, 3.63) is 42.0 Å². The molecule has 108 valence electrons. The van der Waals surface area contributed by atoms with Crippen LogP contribution in [0.15, 0.2) is 35.2 Å². The Labute approximate surface area is 120 Å². The van der Waals surface area contributed by atoms with E-state index in [4.69, 9.17) is 4.42 Å². The van der Waals surface area contributed by atoms with Crippen molar-refractivity contribution in [1.82, 2.24) is 15.3 Å². The summed E-state index contributed by atoms with van der Waals surface area (Å²) in [5.41, 5.74) is 2.13. The van der Waals surface area contributed by atoms with Gasteiger partial charge in [0.2, 0.25) is 0 Å². The zero-order chi connectivity index (χ0) is 14.4. The van der Waals surface area contributed by atoms with Gasteiger partial charge in [0.1, 0.15) is 6.26 Å². The van der Waals surface area contributed by atoms with Gasteiger partial charge < -0.3 is 14.6 Å². The molecule has 0 fully saturated rings. The van der Waals surface area contributed by atoms with Crippen LogP contribution in [0.3, 0.4) is 0 Å². The second-order valence-corrected chi connectivity index (χ2v) is 5.03. The lowest BCUT2D eigenvalue weighted by atomic mass is 10.2. The van der Waals surface area contributed by atoms with Gasteiger partial charge in [0.15, 0.2) is 0 Å². The molecular formula is C15H22N4O. The topological polar surface area (TPSA) is 54.2 Å². The summed E-state index contributed by atoms with van der Waals surface area (Å²) in [6.07, 6.45) is 5.33. The van der Waals surface area contributed by atoms with E-state index in [1.54, 1.807) is 18.7 Å². The molecule has 2 heterocycles. The number of hydrogen-bond acceptors (Lipinski definition) is 5. The normalized spacial score (nSPS) is 11.0. The molecule has 2 aromatic rings. The predicted octanol–water partition coefficient (Wildman–Crippen LogP) is 2.59. The highest BCUT2D eigenvalue weighted by Crippen LogP contribution is 2.16. The Morgan fingerprint density at radius 3 is 2.70 bits per heavy atom. The number of nitrogens with one attached hydrogen (secondary N) is 1. The number of oxazole rings is 1. The van der Waals surface area contributed by atoms with Gasteiger partial charge in [0.05, 0.1) is 5.69 Å². The van der Waals surface area contributed by atoms with Gasteiger partial charge in [-0.25, -0.2) is 0 Å². The first-order valence-corrected chi connectivity index (χ1v) is 7.00. The van der Waals surface area contributed by atoms with Gasteiger partial charge >= 0.3 is 0 Å². The summed E-state index contributed by atoms with van der Waals surface area (Å²) in [4.78, 5) is 10.7. The molecule has 5 heteroatoms. The molecule has 0 amide bonds. The summed E-state index contributed by atoms with van der Waals surface area (Å²) in [5.74, 6) is 0. The molecule has 0 bridgehead atoms. The van der Waals surface area contributed by atoms with Gasteiger partial charge in [-0.1, -0.05) is 13.8 Å². The van der Waals surface area contributed by atoms with Gasteiger partial charge in [-0.15, -0.1) is 0 Å². The molecule has 0 saturated carbocycles. The minimum Gasteiger partial charge on any atom is -0.432 e. The van der Waals surface area contributed by atoms with Crippen molar-refractivity contribution in [2.24, 2.45) is 0 Å². The third kappa shape index (κ3) is 4.06. The zero-order valence-corrected chi connectivity index (χ0v) is 12.3. The van der Waals surface area contributed by atoms with Crippen molar-refractivity contribution < 1.29 is 4.42 Å². The molecule has 0 aliphatic heterocycles. The quantitative estimate of drug-likeness (QED) is 0.841. The maximum absolute atomic E-state index is 5.58. The molecule has 20 heavy (non-hydrogen) atoms. The Morgan fingerprint density at radius 1 is 1.30 bits per heavy atom. The van der Waals surface area contributed by atoms with Gasteiger partial charge in [-0.3, -0.25) is 4.98 Å². The SMILES string of the molecule is CCN(Cc1ccncc1)c1nc(CNC(C)C)co1. The maximum atomic E-state index is 5.58. The van der Waals surface area contributed by atoms with E-state index in [0.29, 0.717) is 12.1 Å². The minimum atomic E-state index is 0.439. The van der Waals surface area contributed by atoms with E-state index in [9.17, 15) is 0 Å². The Hall–Kier alpha value is -1.88. The van der Waals surface area contributed by atoms with Crippen LogP contribution >= 0.6 is 0 Å². The van der Waals surface area contributed by atoms with Crippen LogP contribution in [0.1, 0.15) is 32.0 Å². The Balaban J connectivity index is 2.01. The number of rotatable bonds is 7. The zero-order valence-electron chi connectivity index (χ0n) is 12.3. The maximum Gasteiger partial charge on any atom is 0.297 e. The molecule has 0 radical (unpaired) electrons. The van der Waals surface area contributed by atoms with Crippen LogP contribution in [-0.4, -0.2) is 22.6 Å². The lowest BCUT2D eigenvalue weighted by Gasteiger charge is -2.18. The van der Waals surface area contributed by atoms with E-state index < -0.39 is 0 Å². The van der Waals surface area contributed by atoms with E-state index in [-0.39, 0.29) is 0 Å². The lowest BCUT2D eigenvalue weighted by Crippen LogP contribution is -2.23. The van der Waals surface area contributed by atoms with Crippen LogP contribution in [0.5, 0.6) is 0 Å². The summed E-state index contributed by atoms with van der Waals surface area (Å²) in [6.45, 7) is 8.67. The van der Waals surface area contributed by atoms with E-state index in [2.05, 4.69) is 41.0 Å². The van der Waals surface area contributed by atoms with Crippen LogP contribution < -0.4 is 10.2 Å². The first kappa shape index (κ1) is 14.5. The summed E-state index contributed by atoms with van der Waals surface area (Å²) >= 11 is 0. The summed E-state index contributed by atoms with van der Waals surface area (Å²) in [6, 6.07) is 5.12. The second kappa shape index (κ2) is 7.05. The van der Waals surface area contributed by atoms with Crippen LogP contribution in [-0.2, 0) is 13.1 Å². The minimum absolute atomic E-state index is 0.439. The number of hydrogen-bond donors (Lipinski definition) is 1. The van der Waals surface area contributed by atoms with Gasteiger partial charge in [0.25, 0.3) is 6.01 Å². The van der Waals surface area contributed by atoms with E-state index in [0.717, 1.165) is 25.3 Å². The van der Waals surface area contributed by atoms with Crippen LogP contribution in [0.25, 0.3) is 0 Å². The molecule has 2 rings (SSSR count). The number of aromatic nitrogens is 2. The second-order valence-electron chi connectivity index (χ2n) is 5.03. The van der Waals surface area contributed by atoms with E-state index in [1.165, 1.54) is 5.56 Å². The van der Waals surface area contributed by atoms with Gasteiger partial charge in [0, 0.05) is 38.1 Å². The highest BCUT2D eigenvalue weighted by molar-refractivity contribution is 5.29. The standard InChI is InChI=1S/C15H22N4O/c1-4-19(10-13-5-7-16-8-6-13)15-18-14(11-20-15)9-17-12(2)3/h5-8,11-12,17H,4,9-10H2,1-3H3. The summed E-state index contributed by atoms with van der Waals surface area (Å²) in [5, 5.41) is 3.33. The van der Waals surface area contributed by atoms with Crippen molar-refractivity contribution in [1.29, 1.82) is 0 Å². The summed E-state index contributed by atoms with van der Waals surface area (Å²) < 4.78 is 5.58. The molecule has 5 nitrogen and oxygen atoms in total. The predicted molar refractivity (Wildman–Crippen MR) is 79.4 cm³/mol. The largest absolute Gasteiger partial charge is 0.432 e. The molecule has 0 unspecified atom stereocenters. The molecule has 0 saturated heterocycles. The third-order valence-electron chi connectivity index (χ3n) is 3.01. The van der Waals surface area contributed by atoms with Crippen LogP contribution in [0.4, 0.5) is 6.01 Å². The molecular weight excluding hydrogens is 252 g/mol. The van der Waals surface area contributed by atoms with Gasteiger partial charge in [-0.2, -0.15) is 4.98 Å². The third-order valence-corrected chi connectivity index (χ3v) is 3.01. The fraction of sp³-hybridized carbons (Fsp3) is 0.467. The number of nitrogens with zero attached hydrogens (tertiary/aromatic N) is 3. The molecule has 1 N–H and O–H groups in total. The number of anilines is 1. The van der Waals surface area contributed by atoms with Gasteiger partial charge in [-0.05, 0) is 24.6 Å². The Morgan fingerprint density at radius 2 is 2.05 bits per heavy atom. The monoisotopic (exact) mass is 274 g/mol. The van der Waals surface area contributed by atoms with Crippen LogP contribution in [0, 0.1) is 0 Å². The summed E-state index contributed by atoms with van der Waals surface area (Å²) in [7, 11) is 0. The van der Waals surface area contributed by atoms with E-state index in [1.807, 2.05) is 12.1 Å². The first-order valence-electron chi connectivity index (χ1n) is 7.00. The van der Waals surface area contributed by atoms with Crippen molar-refractivity contribution >= 4 is 6.01 Å². The molecule has 0 spiro atoms. The first-order chi connectivity index (χ1) is 9.69. The highest BCUT2D eigenvalue weighted by Gasteiger charge is 2.12. The molecule has 0 aliphatic carbocycles. The average molecular weight is 274 g/mol. The Kier molecular flexibility index (Phi) is 5.12. The van der Waals surface area contributed by atoms with E-state index >= 15 is 0 Å². The number of pyridine rings is 1. The molecule has 0 aliphatic rings. The smallest absolute Gasteiger partial charge is 0.297 e. The lowest BCUT2D eigenvalue weighted by molar-refractivity contribution is 0.531. The molecule has 0 atom stereocenters.